The second-order valence-corrected chi connectivity index (χ2v) is 5.59. The van der Waals surface area contributed by atoms with Crippen molar-refractivity contribution in [3.8, 4) is 5.75 Å². The van der Waals surface area contributed by atoms with E-state index in [4.69, 9.17) is 16.3 Å². The first-order chi connectivity index (χ1) is 9.29. The molecule has 0 aliphatic carbocycles. The molecular weight excluding hydrogens is 280 g/mol. The normalized spacial score (nSPS) is 10.6. The van der Waals surface area contributed by atoms with Crippen molar-refractivity contribution in [3.05, 3.63) is 45.4 Å². The molecular formula is C14H17ClN2OS. The first-order valence-corrected chi connectivity index (χ1v) is 7.54. The summed E-state index contributed by atoms with van der Waals surface area (Å²) >= 11 is 7.63. The summed E-state index contributed by atoms with van der Waals surface area (Å²) < 4.78 is 5.84. The number of halogens is 1. The number of benzene rings is 1. The lowest BCUT2D eigenvalue weighted by Crippen LogP contribution is -2.14. The van der Waals surface area contributed by atoms with Crippen LogP contribution in [0.5, 0.6) is 5.75 Å². The van der Waals surface area contributed by atoms with Gasteiger partial charge in [0.05, 0.1) is 10.4 Å². The van der Waals surface area contributed by atoms with Gasteiger partial charge in [-0.05, 0) is 31.2 Å². The minimum absolute atomic E-state index is 0.549. The molecule has 0 spiro atoms. The molecule has 1 N–H and O–H groups in total. The van der Waals surface area contributed by atoms with Crippen molar-refractivity contribution in [2.75, 3.05) is 6.54 Å². The predicted octanol–water partition coefficient (Wildman–Crippen LogP) is 3.88. The van der Waals surface area contributed by atoms with E-state index in [1.54, 1.807) is 11.3 Å². The van der Waals surface area contributed by atoms with Gasteiger partial charge < -0.3 is 10.1 Å². The lowest BCUT2D eigenvalue weighted by Gasteiger charge is -2.12. The Morgan fingerprint density at radius 2 is 2.32 bits per heavy atom. The van der Waals surface area contributed by atoms with E-state index in [0.29, 0.717) is 6.61 Å². The summed E-state index contributed by atoms with van der Waals surface area (Å²) in [4.78, 5) is 5.15. The number of rotatable bonds is 7. The molecule has 1 aromatic carbocycles. The smallest absolute Gasteiger partial charge is 0.124 e. The monoisotopic (exact) mass is 296 g/mol. The SMILES string of the molecule is CCCNCc1cc(Cl)ccc1OCc1cncs1. The minimum atomic E-state index is 0.549. The summed E-state index contributed by atoms with van der Waals surface area (Å²) in [6, 6.07) is 5.73. The Morgan fingerprint density at radius 3 is 3.05 bits per heavy atom. The third kappa shape index (κ3) is 4.49. The predicted molar refractivity (Wildman–Crippen MR) is 79.9 cm³/mol. The van der Waals surface area contributed by atoms with Crippen molar-refractivity contribution < 1.29 is 4.74 Å². The van der Waals surface area contributed by atoms with Crippen LogP contribution in [0.4, 0.5) is 0 Å². The molecule has 0 bridgehead atoms. The highest BCUT2D eigenvalue weighted by molar-refractivity contribution is 7.09. The first-order valence-electron chi connectivity index (χ1n) is 6.29. The first kappa shape index (κ1) is 14.3. The van der Waals surface area contributed by atoms with E-state index in [1.807, 2.05) is 29.9 Å². The molecule has 0 aliphatic rings. The van der Waals surface area contributed by atoms with Crippen molar-refractivity contribution in [3.63, 3.8) is 0 Å². The fourth-order valence-corrected chi connectivity index (χ4v) is 2.39. The Hall–Kier alpha value is -1.10. The van der Waals surface area contributed by atoms with Crippen LogP contribution < -0.4 is 10.1 Å². The van der Waals surface area contributed by atoms with Gasteiger partial charge in [-0.1, -0.05) is 18.5 Å². The molecule has 0 aliphatic heterocycles. The number of nitrogens with one attached hydrogen (secondary N) is 1. The summed E-state index contributed by atoms with van der Waals surface area (Å²) in [7, 11) is 0. The van der Waals surface area contributed by atoms with Gasteiger partial charge in [-0.25, -0.2) is 0 Å². The van der Waals surface area contributed by atoms with Gasteiger partial charge in [-0.2, -0.15) is 0 Å². The van der Waals surface area contributed by atoms with Gasteiger partial charge in [0.1, 0.15) is 12.4 Å². The van der Waals surface area contributed by atoms with Gasteiger partial charge in [-0.15, -0.1) is 11.3 Å². The third-order valence-corrected chi connectivity index (χ3v) is 3.61. The van der Waals surface area contributed by atoms with Crippen LogP contribution in [0.25, 0.3) is 0 Å². The summed E-state index contributed by atoms with van der Waals surface area (Å²) in [5.41, 5.74) is 2.90. The molecule has 5 heteroatoms. The molecule has 0 unspecified atom stereocenters. The van der Waals surface area contributed by atoms with Crippen LogP contribution in [-0.2, 0) is 13.2 Å². The standard InChI is InChI=1S/C14H17ClN2OS/c1-2-5-16-7-11-6-12(15)3-4-14(11)18-9-13-8-17-10-19-13/h3-4,6,8,10,16H,2,5,7,9H2,1H3. The van der Waals surface area contributed by atoms with E-state index in [2.05, 4.69) is 17.2 Å². The molecule has 2 rings (SSSR count). The molecule has 1 heterocycles. The molecule has 0 saturated heterocycles. The average Bonchev–Trinajstić information content (AvgIpc) is 2.91. The van der Waals surface area contributed by atoms with Crippen LogP contribution in [0, 0.1) is 0 Å². The quantitative estimate of drug-likeness (QED) is 0.788. The Bertz CT molecular complexity index is 502. The number of ether oxygens (including phenoxy) is 1. The zero-order chi connectivity index (χ0) is 13.5. The number of hydrogen-bond acceptors (Lipinski definition) is 4. The Labute approximate surface area is 122 Å². The zero-order valence-corrected chi connectivity index (χ0v) is 12.4. The largest absolute Gasteiger partial charge is 0.488 e. The second kappa shape index (κ2) is 7.48. The topological polar surface area (TPSA) is 34.1 Å². The van der Waals surface area contributed by atoms with Crippen molar-refractivity contribution in [1.29, 1.82) is 0 Å². The summed E-state index contributed by atoms with van der Waals surface area (Å²) in [6.07, 6.45) is 2.94. The van der Waals surface area contributed by atoms with Crippen LogP contribution in [0.2, 0.25) is 5.02 Å². The van der Waals surface area contributed by atoms with Crippen LogP contribution >= 0.6 is 22.9 Å². The molecule has 0 fully saturated rings. The maximum atomic E-state index is 6.04. The Morgan fingerprint density at radius 1 is 1.42 bits per heavy atom. The summed E-state index contributed by atoms with van der Waals surface area (Å²) in [6.45, 7) is 4.45. The van der Waals surface area contributed by atoms with E-state index >= 15 is 0 Å². The van der Waals surface area contributed by atoms with Crippen LogP contribution in [0.15, 0.2) is 29.9 Å². The van der Waals surface area contributed by atoms with Crippen molar-refractivity contribution in [1.82, 2.24) is 10.3 Å². The summed E-state index contributed by atoms with van der Waals surface area (Å²) in [5, 5.41) is 4.10. The minimum Gasteiger partial charge on any atom is -0.488 e. The number of nitrogens with zero attached hydrogens (tertiary/aromatic N) is 1. The number of thiazole rings is 1. The maximum absolute atomic E-state index is 6.04. The van der Waals surface area contributed by atoms with Crippen molar-refractivity contribution in [2.45, 2.75) is 26.5 Å². The van der Waals surface area contributed by atoms with Gasteiger partial charge in [0.15, 0.2) is 0 Å². The van der Waals surface area contributed by atoms with E-state index in [0.717, 1.165) is 40.7 Å². The van der Waals surface area contributed by atoms with Gasteiger partial charge in [0.2, 0.25) is 0 Å². The van der Waals surface area contributed by atoms with Crippen molar-refractivity contribution >= 4 is 22.9 Å². The Balaban J connectivity index is 2.01. The zero-order valence-electron chi connectivity index (χ0n) is 10.9. The van der Waals surface area contributed by atoms with Crippen LogP contribution in [0.3, 0.4) is 0 Å². The molecule has 102 valence electrons. The molecule has 0 atom stereocenters. The molecule has 0 amide bonds. The highest BCUT2D eigenvalue weighted by atomic mass is 35.5. The van der Waals surface area contributed by atoms with Gasteiger partial charge >= 0.3 is 0 Å². The molecule has 0 saturated carbocycles. The summed E-state index contributed by atoms with van der Waals surface area (Å²) in [5.74, 6) is 0.876. The van der Waals surface area contributed by atoms with Gasteiger partial charge in [0, 0.05) is 23.3 Å². The number of aromatic nitrogens is 1. The second-order valence-electron chi connectivity index (χ2n) is 4.19. The van der Waals surface area contributed by atoms with E-state index < -0.39 is 0 Å². The van der Waals surface area contributed by atoms with Gasteiger partial charge in [-0.3, -0.25) is 4.98 Å². The van der Waals surface area contributed by atoms with Crippen LogP contribution in [0.1, 0.15) is 23.8 Å². The molecule has 2 aromatic rings. The van der Waals surface area contributed by atoms with Crippen molar-refractivity contribution in [2.24, 2.45) is 0 Å². The third-order valence-electron chi connectivity index (χ3n) is 2.62. The van der Waals surface area contributed by atoms with E-state index in [-0.39, 0.29) is 0 Å². The molecule has 3 nitrogen and oxygen atoms in total. The molecule has 19 heavy (non-hydrogen) atoms. The molecule has 1 aromatic heterocycles. The highest BCUT2D eigenvalue weighted by Gasteiger charge is 2.05. The average molecular weight is 297 g/mol. The maximum Gasteiger partial charge on any atom is 0.124 e. The van der Waals surface area contributed by atoms with E-state index in [9.17, 15) is 0 Å². The molecule has 0 radical (unpaired) electrons. The van der Waals surface area contributed by atoms with Crippen LogP contribution in [-0.4, -0.2) is 11.5 Å². The van der Waals surface area contributed by atoms with Gasteiger partial charge in [0.25, 0.3) is 0 Å². The van der Waals surface area contributed by atoms with E-state index in [1.165, 1.54) is 0 Å². The lowest BCUT2D eigenvalue weighted by molar-refractivity contribution is 0.305. The fourth-order valence-electron chi connectivity index (χ4n) is 1.69. The lowest BCUT2D eigenvalue weighted by atomic mass is 10.2. The Kier molecular flexibility index (Phi) is 5.63. The highest BCUT2D eigenvalue weighted by Crippen LogP contribution is 2.24. The fraction of sp³-hybridized carbons (Fsp3) is 0.357. The number of hydrogen-bond donors (Lipinski definition) is 1.